The molecular formula is C20H16N2O3S. The summed E-state index contributed by atoms with van der Waals surface area (Å²) in [5.41, 5.74) is 2.82. The van der Waals surface area contributed by atoms with Crippen molar-refractivity contribution in [1.82, 2.24) is 4.98 Å². The summed E-state index contributed by atoms with van der Waals surface area (Å²) in [7, 11) is 1.63. The van der Waals surface area contributed by atoms with Gasteiger partial charge < -0.3 is 9.84 Å². The largest absolute Gasteiger partial charge is 0.497 e. The number of rotatable bonds is 4. The number of hydrogen-bond acceptors (Lipinski definition) is 5. The highest BCUT2D eigenvalue weighted by Crippen LogP contribution is 2.27. The van der Waals surface area contributed by atoms with Gasteiger partial charge in [-0.15, -0.1) is 0 Å². The fraction of sp³-hybridized carbons (Fsp3) is 0.100. The first-order valence-electron chi connectivity index (χ1n) is 8.07. The molecule has 3 aromatic rings. The highest BCUT2D eigenvalue weighted by Gasteiger charge is 2.15. The molecule has 2 heterocycles. The second-order valence-corrected chi connectivity index (χ2v) is 6.86. The molecule has 1 aromatic heterocycles. The third-order valence-corrected chi connectivity index (χ3v) is 5.24. The predicted octanol–water partition coefficient (Wildman–Crippen LogP) is 2.09. The SMILES string of the molecule is COc1ccc(CC(c2sc(=O)[nH]c2O)=c2cccc3c2=CC=N3)cc1. The summed E-state index contributed by atoms with van der Waals surface area (Å²) in [6.07, 6.45) is 4.28. The van der Waals surface area contributed by atoms with E-state index in [9.17, 15) is 9.90 Å². The number of hydrogen-bond donors (Lipinski definition) is 2. The van der Waals surface area contributed by atoms with Crippen molar-refractivity contribution in [3.63, 3.8) is 0 Å². The molecule has 26 heavy (non-hydrogen) atoms. The van der Waals surface area contributed by atoms with Gasteiger partial charge in [-0.1, -0.05) is 35.6 Å². The Morgan fingerprint density at radius 2 is 2.04 bits per heavy atom. The molecule has 0 saturated carbocycles. The van der Waals surface area contributed by atoms with E-state index in [1.165, 1.54) is 0 Å². The van der Waals surface area contributed by atoms with Gasteiger partial charge in [0.1, 0.15) is 5.75 Å². The molecule has 0 fully saturated rings. The molecule has 0 bridgehead atoms. The van der Waals surface area contributed by atoms with E-state index in [4.69, 9.17) is 4.74 Å². The van der Waals surface area contributed by atoms with Crippen LogP contribution in [0.15, 0.2) is 52.3 Å². The van der Waals surface area contributed by atoms with E-state index in [1.54, 1.807) is 13.3 Å². The summed E-state index contributed by atoms with van der Waals surface area (Å²) in [5.74, 6) is 0.687. The lowest BCUT2D eigenvalue weighted by Crippen LogP contribution is -2.27. The molecule has 0 saturated heterocycles. The first-order chi connectivity index (χ1) is 12.7. The number of methoxy groups -OCH3 is 1. The predicted molar refractivity (Wildman–Crippen MR) is 104 cm³/mol. The van der Waals surface area contributed by atoms with Crippen molar-refractivity contribution in [3.8, 4) is 11.6 Å². The number of aromatic hydroxyl groups is 1. The number of aliphatic imine (C=N–C) groups is 1. The van der Waals surface area contributed by atoms with Crippen molar-refractivity contribution in [2.75, 3.05) is 7.11 Å². The first kappa shape index (κ1) is 16.4. The number of nitrogens with zero attached hydrogens (tertiary/aromatic N) is 1. The second-order valence-electron chi connectivity index (χ2n) is 5.88. The molecule has 1 aliphatic heterocycles. The lowest BCUT2D eigenvalue weighted by Gasteiger charge is -2.08. The second kappa shape index (κ2) is 6.65. The van der Waals surface area contributed by atoms with E-state index in [0.717, 1.165) is 44.3 Å². The van der Waals surface area contributed by atoms with Crippen molar-refractivity contribution in [2.45, 2.75) is 6.42 Å². The average molecular weight is 364 g/mol. The third kappa shape index (κ3) is 2.95. The maximum Gasteiger partial charge on any atom is 0.307 e. The number of fused-ring (bicyclic) bond motifs is 1. The summed E-state index contributed by atoms with van der Waals surface area (Å²) >= 11 is 1.01. The molecule has 130 valence electrons. The van der Waals surface area contributed by atoms with E-state index in [0.29, 0.717) is 11.3 Å². The highest BCUT2D eigenvalue weighted by molar-refractivity contribution is 7.10. The Morgan fingerprint density at radius 3 is 2.73 bits per heavy atom. The normalized spacial score (nSPS) is 13.3. The number of aromatic amines is 1. The zero-order valence-corrected chi connectivity index (χ0v) is 14.8. The Bertz CT molecular complexity index is 1170. The summed E-state index contributed by atoms with van der Waals surface area (Å²) in [6, 6.07) is 13.6. The van der Waals surface area contributed by atoms with Crippen LogP contribution in [0.1, 0.15) is 10.4 Å². The number of aromatic nitrogens is 1. The van der Waals surface area contributed by atoms with Crippen LogP contribution in [0.25, 0.3) is 11.6 Å². The van der Waals surface area contributed by atoms with E-state index in [1.807, 2.05) is 48.5 Å². The van der Waals surface area contributed by atoms with Gasteiger partial charge in [0, 0.05) is 11.4 Å². The highest BCUT2D eigenvalue weighted by atomic mass is 32.1. The van der Waals surface area contributed by atoms with Crippen molar-refractivity contribution in [1.29, 1.82) is 0 Å². The molecule has 1 aliphatic rings. The third-order valence-electron chi connectivity index (χ3n) is 4.31. The van der Waals surface area contributed by atoms with Crippen molar-refractivity contribution in [2.24, 2.45) is 4.99 Å². The van der Waals surface area contributed by atoms with Crippen LogP contribution in [0, 0.1) is 0 Å². The Kier molecular flexibility index (Phi) is 4.18. The fourth-order valence-corrected chi connectivity index (χ4v) is 3.85. The Labute approximate surface area is 153 Å². The van der Waals surface area contributed by atoms with Gasteiger partial charge >= 0.3 is 4.87 Å². The lowest BCUT2D eigenvalue weighted by atomic mass is 10.00. The van der Waals surface area contributed by atoms with Crippen molar-refractivity contribution < 1.29 is 9.84 Å². The first-order valence-corrected chi connectivity index (χ1v) is 8.89. The number of ether oxygens (including phenoxy) is 1. The van der Waals surface area contributed by atoms with E-state index >= 15 is 0 Å². The van der Waals surface area contributed by atoms with E-state index in [-0.39, 0.29) is 10.8 Å². The molecule has 0 unspecified atom stereocenters. The standard InChI is InChI=1S/C20H16N2O3S/c1-25-13-7-5-12(6-8-13)11-16(18-19(23)22-20(24)26-18)14-3-2-4-17-15(14)9-10-21-17/h2-10,23H,11H2,1H3,(H,22,24). The molecule has 6 heteroatoms. The van der Waals surface area contributed by atoms with Crippen LogP contribution in [0.5, 0.6) is 11.6 Å². The summed E-state index contributed by atoms with van der Waals surface area (Å²) < 4.78 is 5.21. The number of thiazole rings is 1. The van der Waals surface area contributed by atoms with Gasteiger partial charge in [-0.2, -0.15) is 0 Å². The molecule has 0 amide bonds. The van der Waals surface area contributed by atoms with Crippen LogP contribution in [-0.4, -0.2) is 23.4 Å². The molecule has 0 radical (unpaired) electrons. The van der Waals surface area contributed by atoms with Gasteiger partial charge in [-0.3, -0.25) is 14.8 Å². The Hall–Kier alpha value is -3.12. The number of benzene rings is 2. The zero-order valence-electron chi connectivity index (χ0n) is 14.0. The van der Waals surface area contributed by atoms with Gasteiger partial charge in [-0.25, -0.2) is 0 Å². The van der Waals surface area contributed by atoms with Gasteiger partial charge in [0.25, 0.3) is 0 Å². The van der Waals surface area contributed by atoms with Gasteiger partial charge in [0.15, 0.2) is 0 Å². The van der Waals surface area contributed by atoms with Gasteiger partial charge in [-0.05, 0) is 47.1 Å². The minimum atomic E-state index is -0.280. The van der Waals surface area contributed by atoms with Gasteiger partial charge in [0.05, 0.1) is 17.7 Å². The smallest absolute Gasteiger partial charge is 0.307 e. The molecule has 2 N–H and O–H groups in total. The summed E-state index contributed by atoms with van der Waals surface area (Å²) in [6.45, 7) is 0. The van der Waals surface area contributed by atoms with Crippen molar-refractivity contribution in [3.05, 3.63) is 73.0 Å². The molecule has 5 nitrogen and oxygen atoms in total. The minimum Gasteiger partial charge on any atom is -0.497 e. The molecule has 0 aliphatic carbocycles. The van der Waals surface area contributed by atoms with Crippen LogP contribution < -0.4 is 20.0 Å². The molecule has 4 rings (SSSR count). The van der Waals surface area contributed by atoms with Crippen LogP contribution in [0.2, 0.25) is 0 Å². The van der Waals surface area contributed by atoms with E-state index in [2.05, 4.69) is 9.98 Å². The maximum absolute atomic E-state index is 11.8. The molecule has 0 atom stereocenters. The quantitative estimate of drug-likeness (QED) is 0.744. The fourth-order valence-electron chi connectivity index (χ4n) is 3.07. The number of H-pyrrole nitrogens is 1. The van der Waals surface area contributed by atoms with Gasteiger partial charge in [0.2, 0.25) is 5.88 Å². The van der Waals surface area contributed by atoms with Crippen LogP contribution in [-0.2, 0) is 6.42 Å². The Morgan fingerprint density at radius 1 is 1.23 bits per heavy atom. The summed E-state index contributed by atoms with van der Waals surface area (Å²) in [4.78, 5) is 18.9. The summed E-state index contributed by atoms with van der Waals surface area (Å²) in [5, 5.41) is 12.2. The molecule has 0 spiro atoms. The maximum atomic E-state index is 11.8. The topological polar surface area (TPSA) is 74.7 Å². The minimum absolute atomic E-state index is 0.0972. The average Bonchev–Trinajstić information content (AvgIpc) is 3.26. The number of nitrogens with one attached hydrogen (secondary N) is 1. The molecular weight excluding hydrogens is 348 g/mol. The lowest BCUT2D eigenvalue weighted by molar-refractivity contribution is 0.414. The Balaban J connectivity index is 1.94. The van der Waals surface area contributed by atoms with Crippen LogP contribution in [0.4, 0.5) is 5.69 Å². The monoisotopic (exact) mass is 364 g/mol. The van der Waals surface area contributed by atoms with E-state index < -0.39 is 0 Å². The molecule has 2 aromatic carbocycles. The zero-order chi connectivity index (χ0) is 18.1. The van der Waals surface area contributed by atoms with Crippen LogP contribution >= 0.6 is 11.3 Å². The van der Waals surface area contributed by atoms with Crippen molar-refractivity contribution >= 4 is 34.9 Å². The van der Waals surface area contributed by atoms with Crippen LogP contribution in [0.3, 0.4) is 0 Å².